The topological polar surface area (TPSA) is 40.2 Å². The molecule has 0 aliphatic carbocycles. The normalized spacial score (nSPS) is 12.2. The highest BCUT2D eigenvalue weighted by Gasteiger charge is 2.27. The van der Waals surface area contributed by atoms with E-state index in [1.807, 2.05) is 35.0 Å². The molecule has 19 heavy (non-hydrogen) atoms. The molecule has 0 atom stereocenters. The molecule has 1 heterocycles. The third kappa shape index (κ3) is 3.64. The number of anilines is 1. The number of fused-ring (bicyclic) bond motifs is 1. The number of aromatic nitrogens is 1. The van der Waals surface area contributed by atoms with Gasteiger partial charge in [0.25, 0.3) is 0 Å². The summed E-state index contributed by atoms with van der Waals surface area (Å²) in [5, 5.41) is 0.957. The van der Waals surface area contributed by atoms with E-state index in [1.165, 1.54) is 0 Å². The van der Waals surface area contributed by atoms with Gasteiger partial charge in [0, 0.05) is 30.4 Å². The number of nitrogens with zero attached hydrogens (tertiary/aromatic N) is 1. The molecule has 0 amide bonds. The zero-order valence-electron chi connectivity index (χ0n) is 10.3. The van der Waals surface area contributed by atoms with Crippen LogP contribution in [0.3, 0.4) is 0 Å². The van der Waals surface area contributed by atoms with Crippen LogP contribution in [0.15, 0.2) is 30.5 Å². The smallest absolute Gasteiger partial charge is 0.398 e. The van der Waals surface area contributed by atoms with Crippen LogP contribution in [-0.2, 0) is 11.3 Å². The number of hydrogen-bond acceptors (Lipinski definition) is 2. The number of nitrogens with two attached hydrogens (primary N) is 1. The van der Waals surface area contributed by atoms with Crippen LogP contribution < -0.4 is 5.73 Å². The van der Waals surface area contributed by atoms with Crippen LogP contribution in [0.2, 0.25) is 0 Å². The van der Waals surface area contributed by atoms with E-state index in [-0.39, 0.29) is 6.61 Å². The molecule has 6 heteroatoms. The SMILES string of the molecule is Nc1cccc2c1ccn2CCCOCC(F)(F)F. The van der Waals surface area contributed by atoms with Crippen molar-refractivity contribution in [3.05, 3.63) is 30.5 Å². The number of benzene rings is 1. The molecule has 3 nitrogen and oxygen atoms in total. The Morgan fingerprint density at radius 3 is 2.74 bits per heavy atom. The molecular formula is C13H15F3N2O. The molecule has 0 spiro atoms. The van der Waals surface area contributed by atoms with Gasteiger partial charge < -0.3 is 15.0 Å². The van der Waals surface area contributed by atoms with Crippen molar-refractivity contribution in [2.45, 2.75) is 19.1 Å². The molecule has 0 aliphatic heterocycles. The number of halogens is 3. The molecule has 2 N–H and O–H groups in total. The van der Waals surface area contributed by atoms with Gasteiger partial charge in [0.15, 0.2) is 0 Å². The second kappa shape index (κ2) is 5.52. The molecule has 1 aromatic heterocycles. The van der Waals surface area contributed by atoms with Crippen molar-refractivity contribution in [2.75, 3.05) is 18.9 Å². The Labute approximate surface area is 108 Å². The minimum atomic E-state index is -4.26. The number of nitrogen functional groups attached to an aromatic ring is 1. The van der Waals surface area contributed by atoms with Crippen LogP contribution in [0.1, 0.15) is 6.42 Å². The monoisotopic (exact) mass is 272 g/mol. The average molecular weight is 272 g/mol. The van der Waals surface area contributed by atoms with Gasteiger partial charge in [-0.2, -0.15) is 13.2 Å². The van der Waals surface area contributed by atoms with Gasteiger partial charge in [0.05, 0.1) is 5.52 Å². The third-order valence-electron chi connectivity index (χ3n) is 2.80. The predicted octanol–water partition coefficient (Wildman–Crippen LogP) is 3.19. The van der Waals surface area contributed by atoms with Crippen LogP contribution in [0.4, 0.5) is 18.9 Å². The van der Waals surface area contributed by atoms with Crippen molar-refractivity contribution in [3.8, 4) is 0 Å². The van der Waals surface area contributed by atoms with Crippen LogP contribution in [-0.4, -0.2) is 24.0 Å². The summed E-state index contributed by atoms with van der Waals surface area (Å²) in [4.78, 5) is 0. The second-order valence-corrected chi connectivity index (χ2v) is 4.31. The number of alkyl halides is 3. The summed E-state index contributed by atoms with van der Waals surface area (Å²) >= 11 is 0. The van der Waals surface area contributed by atoms with E-state index in [9.17, 15) is 13.2 Å². The van der Waals surface area contributed by atoms with E-state index in [2.05, 4.69) is 4.74 Å². The van der Waals surface area contributed by atoms with Crippen molar-refractivity contribution >= 4 is 16.6 Å². The van der Waals surface area contributed by atoms with Crippen molar-refractivity contribution in [3.63, 3.8) is 0 Å². The fourth-order valence-electron chi connectivity index (χ4n) is 1.97. The lowest BCUT2D eigenvalue weighted by Crippen LogP contribution is -2.17. The molecule has 0 saturated heterocycles. The first-order valence-corrected chi connectivity index (χ1v) is 5.95. The Balaban J connectivity index is 1.87. The van der Waals surface area contributed by atoms with Crippen molar-refractivity contribution in [1.82, 2.24) is 4.57 Å². The fraction of sp³-hybridized carbons (Fsp3) is 0.385. The van der Waals surface area contributed by atoms with Crippen LogP contribution in [0, 0.1) is 0 Å². The number of ether oxygens (including phenoxy) is 1. The van der Waals surface area contributed by atoms with Gasteiger partial charge in [-0.25, -0.2) is 0 Å². The molecule has 0 bridgehead atoms. The van der Waals surface area contributed by atoms with Crippen molar-refractivity contribution in [2.24, 2.45) is 0 Å². The summed E-state index contributed by atoms with van der Waals surface area (Å²) in [5.74, 6) is 0. The molecule has 0 fully saturated rings. The first kappa shape index (κ1) is 13.7. The zero-order chi connectivity index (χ0) is 13.9. The quantitative estimate of drug-likeness (QED) is 0.670. The van der Waals surface area contributed by atoms with Crippen molar-refractivity contribution < 1.29 is 17.9 Å². The van der Waals surface area contributed by atoms with Crippen LogP contribution in [0.25, 0.3) is 10.9 Å². The zero-order valence-corrected chi connectivity index (χ0v) is 10.3. The van der Waals surface area contributed by atoms with Gasteiger partial charge in [-0.3, -0.25) is 0 Å². The molecule has 2 rings (SSSR count). The molecular weight excluding hydrogens is 257 g/mol. The molecule has 1 aromatic carbocycles. The Bertz CT molecular complexity index is 548. The van der Waals surface area contributed by atoms with E-state index in [1.54, 1.807) is 0 Å². The van der Waals surface area contributed by atoms with Crippen molar-refractivity contribution in [1.29, 1.82) is 0 Å². The third-order valence-corrected chi connectivity index (χ3v) is 2.80. The summed E-state index contributed by atoms with van der Waals surface area (Å²) in [6, 6.07) is 7.51. The maximum atomic E-state index is 11.9. The number of hydrogen-bond donors (Lipinski definition) is 1. The molecule has 104 valence electrons. The van der Waals surface area contributed by atoms with Gasteiger partial charge in [0.1, 0.15) is 6.61 Å². The Morgan fingerprint density at radius 2 is 2.00 bits per heavy atom. The highest BCUT2D eigenvalue weighted by atomic mass is 19.4. The number of rotatable bonds is 5. The minimum Gasteiger partial charge on any atom is -0.398 e. The summed E-state index contributed by atoms with van der Waals surface area (Å²) in [6.45, 7) is -0.501. The lowest BCUT2D eigenvalue weighted by molar-refractivity contribution is -0.174. The second-order valence-electron chi connectivity index (χ2n) is 4.31. The minimum absolute atomic E-state index is 0.0848. The Kier molecular flexibility index (Phi) is 3.99. The summed E-state index contributed by atoms with van der Waals surface area (Å²) in [5.41, 5.74) is 7.51. The Morgan fingerprint density at radius 1 is 1.21 bits per heavy atom. The van der Waals surface area contributed by atoms with E-state index in [0.29, 0.717) is 18.7 Å². The first-order chi connectivity index (χ1) is 8.97. The molecule has 0 saturated carbocycles. The highest BCUT2D eigenvalue weighted by molar-refractivity contribution is 5.91. The standard InChI is InChI=1S/C13H15F3N2O/c14-13(15,16)9-19-8-2-6-18-7-5-10-11(17)3-1-4-12(10)18/h1,3-5,7H,2,6,8-9,17H2. The molecule has 0 aliphatic rings. The maximum Gasteiger partial charge on any atom is 0.411 e. The van der Waals surface area contributed by atoms with Crippen LogP contribution >= 0.6 is 0 Å². The summed E-state index contributed by atoms with van der Waals surface area (Å²) in [7, 11) is 0. The summed E-state index contributed by atoms with van der Waals surface area (Å²) < 4.78 is 42.1. The van der Waals surface area contributed by atoms with Gasteiger partial charge in [0.2, 0.25) is 0 Å². The van der Waals surface area contributed by atoms with E-state index in [0.717, 1.165) is 10.9 Å². The maximum absolute atomic E-state index is 11.9. The number of aryl methyl sites for hydroxylation is 1. The Hall–Kier alpha value is -1.69. The van der Waals surface area contributed by atoms with E-state index in [4.69, 9.17) is 5.73 Å². The fourth-order valence-corrected chi connectivity index (χ4v) is 1.97. The molecule has 0 unspecified atom stereocenters. The predicted molar refractivity (Wildman–Crippen MR) is 67.8 cm³/mol. The molecule has 2 aromatic rings. The van der Waals surface area contributed by atoms with Gasteiger partial charge >= 0.3 is 6.18 Å². The lowest BCUT2D eigenvalue weighted by Gasteiger charge is -2.08. The van der Waals surface area contributed by atoms with E-state index >= 15 is 0 Å². The van der Waals surface area contributed by atoms with Gasteiger partial charge in [-0.1, -0.05) is 6.07 Å². The van der Waals surface area contributed by atoms with Gasteiger partial charge in [-0.15, -0.1) is 0 Å². The summed E-state index contributed by atoms with van der Waals surface area (Å²) in [6.07, 6.45) is -1.85. The van der Waals surface area contributed by atoms with E-state index < -0.39 is 12.8 Å². The first-order valence-electron chi connectivity index (χ1n) is 5.95. The average Bonchev–Trinajstić information content (AvgIpc) is 2.72. The highest BCUT2D eigenvalue weighted by Crippen LogP contribution is 2.22. The lowest BCUT2D eigenvalue weighted by atomic mass is 10.2. The molecule has 0 radical (unpaired) electrons. The van der Waals surface area contributed by atoms with Crippen LogP contribution in [0.5, 0.6) is 0 Å². The largest absolute Gasteiger partial charge is 0.411 e. The van der Waals surface area contributed by atoms with Gasteiger partial charge in [-0.05, 0) is 24.6 Å².